The number of nitrogens with one attached hydrogen (secondary N) is 2. The zero-order chi connectivity index (χ0) is 8.39. The first-order valence-corrected chi connectivity index (χ1v) is 5.33. The molecular weight excluding hydrogens is 148 g/mol. The molecule has 2 atom stereocenters. The summed E-state index contributed by atoms with van der Waals surface area (Å²) in [5.74, 6) is 0.946. The molecule has 70 valence electrons. The lowest BCUT2D eigenvalue weighted by Crippen LogP contribution is -2.25. The third-order valence-electron chi connectivity index (χ3n) is 2.88. The molecule has 2 fully saturated rings. The first-order chi connectivity index (χ1) is 5.86. The van der Waals surface area contributed by atoms with Crippen molar-refractivity contribution in [3.63, 3.8) is 0 Å². The molecule has 0 amide bonds. The van der Waals surface area contributed by atoms with Crippen LogP contribution >= 0.6 is 0 Å². The van der Waals surface area contributed by atoms with Crippen LogP contribution in [-0.2, 0) is 0 Å². The van der Waals surface area contributed by atoms with Gasteiger partial charge in [0.1, 0.15) is 0 Å². The van der Waals surface area contributed by atoms with Gasteiger partial charge < -0.3 is 10.6 Å². The quantitative estimate of drug-likeness (QED) is 0.581. The Morgan fingerprint density at radius 1 is 1.17 bits per heavy atom. The van der Waals surface area contributed by atoms with E-state index in [0.29, 0.717) is 0 Å². The highest BCUT2D eigenvalue weighted by Gasteiger charge is 2.31. The van der Waals surface area contributed by atoms with Crippen LogP contribution in [0.1, 0.15) is 32.6 Å². The Morgan fingerprint density at radius 2 is 1.83 bits per heavy atom. The van der Waals surface area contributed by atoms with Gasteiger partial charge in [0.25, 0.3) is 0 Å². The lowest BCUT2D eigenvalue weighted by Gasteiger charge is -2.03. The van der Waals surface area contributed by atoms with Crippen molar-refractivity contribution in [1.82, 2.24) is 10.6 Å². The van der Waals surface area contributed by atoms with Gasteiger partial charge in [-0.05, 0) is 44.7 Å². The van der Waals surface area contributed by atoms with Crippen LogP contribution in [0.25, 0.3) is 0 Å². The molecule has 2 aliphatic rings. The van der Waals surface area contributed by atoms with Gasteiger partial charge in [0.15, 0.2) is 0 Å². The molecule has 0 aromatic carbocycles. The maximum absolute atomic E-state index is 3.56. The molecule has 2 saturated carbocycles. The van der Waals surface area contributed by atoms with Gasteiger partial charge in [-0.2, -0.15) is 0 Å². The predicted molar refractivity (Wildman–Crippen MR) is 51.2 cm³/mol. The number of rotatable bonds is 6. The molecular formula is C10H20N2. The number of hydrogen-bond donors (Lipinski definition) is 2. The van der Waals surface area contributed by atoms with Crippen LogP contribution in [0, 0.1) is 5.92 Å². The normalized spacial score (nSPS) is 33.8. The van der Waals surface area contributed by atoms with Crippen molar-refractivity contribution < 1.29 is 0 Å². The van der Waals surface area contributed by atoms with Crippen LogP contribution in [-0.4, -0.2) is 25.2 Å². The van der Waals surface area contributed by atoms with Crippen LogP contribution < -0.4 is 10.6 Å². The third kappa shape index (κ3) is 2.76. The highest BCUT2D eigenvalue weighted by molar-refractivity contribution is 4.89. The van der Waals surface area contributed by atoms with Crippen molar-refractivity contribution in [3.05, 3.63) is 0 Å². The van der Waals surface area contributed by atoms with E-state index in [1.165, 1.54) is 38.8 Å². The van der Waals surface area contributed by atoms with E-state index in [4.69, 9.17) is 0 Å². The van der Waals surface area contributed by atoms with Crippen molar-refractivity contribution in [2.24, 2.45) is 5.92 Å². The Hall–Kier alpha value is -0.0800. The van der Waals surface area contributed by atoms with Gasteiger partial charge in [-0.25, -0.2) is 0 Å². The highest BCUT2D eigenvalue weighted by Crippen LogP contribution is 2.28. The Balaban J connectivity index is 1.36. The fourth-order valence-corrected chi connectivity index (χ4v) is 1.58. The van der Waals surface area contributed by atoms with E-state index in [1.807, 2.05) is 0 Å². The van der Waals surface area contributed by atoms with Gasteiger partial charge in [0.05, 0.1) is 0 Å². The minimum atomic E-state index is 0.853. The summed E-state index contributed by atoms with van der Waals surface area (Å²) in [5, 5.41) is 7.08. The van der Waals surface area contributed by atoms with Gasteiger partial charge in [-0.1, -0.05) is 6.92 Å². The molecule has 2 aliphatic carbocycles. The van der Waals surface area contributed by atoms with E-state index in [9.17, 15) is 0 Å². The van der Waals surface area contributed by atoms with E-state index in [-0.39, 0.29) is 0 Å². The standard InChI is InChI=1S/C10H20N2/c1-8-7-10(8)12-6-2-5-11-9-3-4-9/h8-12H,2-7H2,1H3. The lowest BCUT2D eigenvalue weighted by molar-refractivity contribution is 0.580. The molecule has 0 spiro atoms. The minimum absolute atomic E-state index is 0.853. The van der Waals surface area contributed by atoms with E-state index >= 15 is 0 Å². The van der Waals surface area contributed by atoms with E-state index in [0.717, 1.165) is 18.0 Å². The van der Waals surface area contributed by atoms with E-state index in [2.05, 4.69) is 17.6 Å². The average Bonchev–Trinajstić information content (AvgIpc) is 2.90. The summed E-state index contributed by atoms with van der Waals surface area (Å²) in [5.41, 5.74) is 0. The number of hydrogen-bond acceptors (Lipinski definition) is 2. The van der Waals surface area contributed by atoms with Gasteiger partial charge in [-0.15, -0.1) is 0 Å². The van der Waals surface area contributed by atoms with Gasteiger partial charge in [0.2, 0.25) is 0 Å². The van der Waals surface area contributed by atoms with E-state index in [1.54, 1.807) is 0 Å². The second kappa shape index (κ2) is 3.75. The summed E-state index contributed by atoms with van der Waals surface area (Å²) in [7, 11) is 0. The zero-order valence-corrected chi connectivity index (χ0v) is 7.97. The second-order valence-corrected chi connectivity index (χ2v) is 4.36. The predicted octanol–water partition coefficient (Wildman–Crippen LogP) is 1.13. The van der Waals surface area contributed by atoms with Crippen molar-refractivity contribution in [3.8, 4) is 0 Å². The zero-order valence-electron chi connectivity index (χ0n) is 7.97. The van der Waals surface area contributed by atoms with Crippen molar-refractivity contribution in [2.75, 3.05) is 13.1 Å². The summed E-state index contributed by atoms with van der Waals surface area (Å²) in [4.78, 5) is 0. The Bertz CT molecular complexity index is 143. The fraction of sp³-hybridized carbons (Fsp3) is 1.00. The molecule has 0 bridgehead atoms. The second-order valence-electron chi connectivity index (χ2n) is 4.36. The molecule has 2 rings (SSSR count). The molecule has 12 heavy (non-hydrogen) atoms. The monoisotopic (exact) mass is 168 g/mol. The lowest BCUT2D eigenvalue weighted by atomic mass is 10.4. The Morgan fingerprint density at radius 3 is 2.42 bits per heavy atom. The molecule has 0 heterocycles. The van der Waals surface area contributed by atoms with Crippen LogP contribution in [0.2, 0.25) is 0 Å². The Kier molecular flexibility index (Phi) is 2.66. The van der Waals surface area contributed by atoms with Crippen LogP contribution in [0.4, 0.5) is 0 Å². The average molecular weight is 168 g/mol. The van der Waals surface area contributed by atoms with Gasteiger partial charge in [0, 0.05) is 12.1 Å². The highest BCUT2D eigenvalue weighted by atomic mass is 15.0. The molecule has 2 nitrogen and oxygen atoms in total. The largest absolute Gasteiger partial charge is 0.314 e. The van der Waals surface area contributed by atoms with Crippen LogP contribution in [0.15, 0.2) is 0 Å². The first-order valence-electron chi connectivity index (χ1n) is 5.33. The maximum Gasteiger partial charge on any atom is 0.00963 e. The molecule has 0 aromatic heterocycles. The van der Waals surface area contributed by atoms with Crippen molar-refractivity contribution in [1.29, 1.82) is 0 Å². The van der Waals surface area contributed by atoms with Crippen molar-refractivity contribution in [2.45, 2.75) is 44.7 Å². The summed E-state index contributed by atoms with van der Waals surface area (Å²) < 4.78 is 0. The summed E-state index contributed by atoms with van der Waals surface area (Å²) in [6.45, 7) is 4.73. The SMILES string of the molecule is CC1CC1NCCCNC1CC1. The van der Waals surface area contributed by atoms with Gasteiger partial charge >= 0.3 is 0 Å². The minimum Gasteiger partial charge on any atom is -0.314 e. The smallest absolute Gasteiger partial charge is 0.00963 e. The molecule has 2 N–H and O–H groups in total. The maximum atomic E-state index is 3.56. The molecule has 2 heteroatoms. The van der Waals surface area contributed by atoms with Crippen LogP contribution in [0.5, 0.6) is 0 Å². The molecule has 2 unspecified atom stereocenters. The van der Waals surface area contributed by atoms with Gasteiger partial charge in [-0.3, -0.25) is 0 Å². The van der Waals surface area contributed by atoms with E-state index < -0.39 is 0 Å². The van der Waals surface area contributed by atoms with Crippen molar-refractivity contribution >= 4 is 0 Å². The molecule has 0 radical (unpaired) electrons. The topological polar surface area (TPSA) is 24.1 Å². The molecule has 0 aliphatic heterocycles. The third-order valence-corrected chi connectivity index (χ3v) is 2.88. The Labute approximate surface area is 75.1 Å². The molecule has 0 aromatic rings. The molecule has 0 saturated heterocycles. The summed E-state index contributed by atoms with van der Waals surface area (Å²) in [6.07, 6.45) is 5.51. The fourth-order valence-electron chi connectivity index (χ4n) is 1.58. The first kappa shape index (κ1) is 8.52. The summed E-state index contributed by atoms with van der Waals surface area (Å²) in [6, 6.07) is 1.73. The summed E-state index contributed by atoms with van der Waals surface area (Å²) >= 11 is 0. The van der Waals surface area contributed by atoms with Crippen LogP contribution in [0.3, 0.4) is 0 Å².